The second-order valence-corrected chi connectivity index (χ2v) is 6.46. The fourth-order valence-corrected chi connectivity index (χ4v) is 2.23. The fraction of sp³-hybridized carbons (Fsp3) is 0.438. The monoisotopic (exact) mass is 354 g/mol. The molecule has 134 valence electrons. The minimum atomic E-state index is -4.67. The van der Waals surface area contributed by atoms with Crippen molar-refractivity contribution in [1.82, 2.24) is 20.4 Å². The summed E-state index contributed by atoms with van der Waals surface area (Å²) in [7, 11) is 1.68. The number of nitrogens with zero attached hydrogens (tertiary/aromatic N) is 3. The lowest BCUT2D eigenvalue weighted by atomic mass is 10.1. The molecule has 1 N–H and O–H groups in total. The van der Waals surface area contributed by atoms with E-state index in [1.165, 1.54) is 0 Å². The van der Waals surface area contributed by atoms with Crippen LogP contribution in [0, 0.1) is 0 Å². The number of alkyl halides is 3. The molecule has 0 unspecified atom stereocenters. The summed E-state index contributed by atoms with van der Waals surface area (Å²) in [5, 5.41) is 6.29. The number of benzene rings is 1. The first-order valence-electron chi connectivity index (χ1n) is 7.70. The highest BCUT2D eigenvalue weighted by atomic mass is 19.4. The standard InChI is InChI=1S/C16H17F3N4O2/c1-15(7-8-15)21-14(24)23(2)9-10-3-5-11(6-4-10)12-20-13(25-22-12)16(17,18)19/h3-6H,7-9H2,1-2H3,(H,21,24). The molecule has 2 aromatic rings. The predicted octanol–water partition coefficient (Wildman–Crippen LogP) is 3.45. The van der Waals surface area contributed by atoms with E-state index in [4.69, 9.17) is 0 Å². The zero-order chi connectivity index (χ0) is 18.2. The lowest BCUT2D eigenvalue weighted by Gasteiger charge is -2.21. The van der Waals surface area contributed by atoms with Crippen molar-refractivity contribution in [3.05, 3.63) is 35.7 Å². The van der Waals surface area contributed by atoms with E-state index in [1.807, 2.05) is 6.92 Å². The lowest BCUT2D eigenvalue weighted by Crippen LogP contribution is -2.42. The molecular weight excluding hydrogens is 337 g/mol. The number of hydrogen-bond acceptors (Lipinski definition) is 4. The smallest absolute Gasteiger partial charge is 0.333 e. The Labute approximate surface area is 142 Å². The second-order valence-electron chi connectivity index (χ2n) is 6.46. The van der Waals surface area contributed by atoms with Gasteiger partial charge in [0.15, 0.2) is 0 Å². The average molecular weight is 354 g/mol. The first-order valence-corrected chi connectivity index (χ1v) is 7.70. The van der Waals surface area contributed by atoms with Crippen molar-refractivity contribution in [3.8, 4) is 11.4 Å². The molecule has 1 saturated carbocycles. The van der Waals surface area contributed by atoms with Crippen LogP contribution >= 0.6 is 0 Å². The topological polar surface area (TPSA) is 71.3 Å². The van der Waals surface area contributed by atoms with E-state index < -0.39 is 12.1 Å². The van der Waals surface area contributed by atoms with Crippen LogP contribution in [-0.2, 0) is 12.7 Å². The van der Waals surface area contributed by atoms with Gasteiger partial charge in [-0.1, -0.05) is 29.4 Å². The molecule has 0 aliphatic heterocycles. The summed E-state index contributed by atoms with van der Waals surface area (Å²) in [5.74, 6) is -1.51. The second kappa shape index (κ2) is 6.05. The third-order valence-corrected chi connectivity index (χ3v) is 4.06. The molecule has 0 radical (unpaired) electrons. The van der Waals surface area contributed by atoms with Crippen LogP contribution in [0.15, 0.2) is 28.8 Å². The number of urea groups is 1. The molecule has 1 aromatic carbocycles. The van der Waals surface area contributed by atoms with Crippen molar-refractivity contribution in [2.24, 2.45) is 0 Å². The third kappa shape index (κ3) is 4.09. The van der Waals surface area contributed by atoms with E-state index in [2.05, 4.69) is 20.0 Å². The molecule has 0 spiro atoms. The Kier molecular flexibility index (Phi) is 4.18. The summed E-state index contributed by atoms with van der Waals surface area (Å²) in [5.41, 5.74) is 1.15. The largest absolute Gasteiger partial charge is 0.471 e. The minimum absolute atomic E-state index is 0.0932. The third-order valence-electron chi connectivity index (χ3n) is 4.06. The number of nitrogens with one attached hydrogen (secondary N) is 1. The van der Waals surface area contributed by atoms with Crippen molar-refractivity contribution in [2.75, 3.05) is 7.05 Å². The number of halogens is 3. The summed E-state index contributed by atoms with van der Waals surface area (Å²) in [4.78, 5) is 17.0. The number of rotatable bonds is 4. The molecule has 0 saturated heterocycles. The van der Waals surface area contributed by atoms with E-state index in [0.717, 1.165) is 18.4 Å². The van der Waals surface area contributed by atoms with Crippen molar-refractivity contribution >= 4 is 6.03 Å². The first-order chi connectivity index (χ1) is 11.7. The van der Waals surface area contributed by atoms with Gasteiger partial charge >= 0.3 is 18.1 Å². The average Bonchev–Trinajstić information content (AvgIpc) is 3.06. The maximum atomic E-state index is 12.5. The van der Waals surface area contributed by atoms with E-state index in [-0.39, 0.29) is 17.4 Å². The van der Waals surface area contributed by atoms with Crippen LogP contribution in [0.25, 0.3) is 11.4 Å². The zero-order valence-electron chi connectivity index (χ0n) is 13.7. The minimum Gasteiger partial charge on any atom is -0.333 e. The van der Waals surface area contributed by atoms with Crippen LogP contribution in [0.1, 0.15) is 31.2 Å². The van der Waals surface area contributed by atoms with Gasteiger partial charge in [0.1, 0.15) is 0 Å². The van der Waals surface area contributed by atoms with Crippen LogP contribution < -0.4 is 5.32 Å². The van der Waals surface area contributed by atoms with Crippen LogP contribution in [-0.4, -0.2) is 33.7 Å². The zero-order valence-corrected chi connectivity index (χ0v) is 13.7. The summed E-state index contributed by atoms with van der Waals surface area (Å²) in [6.07, 6.45) is -2.71. The van der Waals surface area contributed by atoms with Gasteiger partial charge in [0, 0.05) is 24.7 Å². The van der Waals surface area contributed by atoms with Crippen molar-refractivity contribution in [2.45, 2.75) is 38.0 Å². The molecular formula is C16H17F3N4O2. The highest BCUT2D eigenvalue weighted by Gasteiger charge is 2.39. The van der Waals surface area contributed by atoms with Gasteiger partial charge in [-0.2, -0.15) is 18.2 Å². The molecule has 3 rings (SSSR count). The van der Waals surface area contributed by atoms with Gasteiger partial charge in [-0.15, -0.1) is 0 Å². The van der Waals surface area contributed by atoms with Gasteiger partial charge in [-0.05, 0) is 25.3 Å². The van der Waals surface area contributed by atoms with Gasteiger partial charge in [0.25, 0.3) is 0 Å². The number of amides is 2. The SMILES string of the molecule is CN(Cc1ccc(-c2noc(C(F)(F)F)n2)cc1)C(=O)NC1(C)CC1. The maximum absolute atomic E-state index is 12.5. The van der Waals surface area contributed by atoms with Gasteiger partial charge in [-0.3, -0.25) is 0 Å². The van der Waals surface area contributed by atoms with Crippen LogP contribution in [0.2, 0.25) is 0 Å². The molecule has 6 nitrogen and oxygen atoms in total. The summed E-state index contributed by atoms with van der Waals surface area (Å²) in [6.45, 7) is 2.37. The Hall–Kier alpha value is -2.58. The van der Waals surface area contributed by atoms with Crippen molar-refractivity contribution < 1.29 is 22.5 Å². The van der Waals surface area contributed by atoms with E-state index in [9.17, 15) is 18.0 Å². The summed E-state index contributed by atoms with van der Waals surface area (Å²) >= 11 is 0. The number of aromatic nitrogens is 2. The Balaban J connectivity index is 1.64. The Morgan fingerprint density at radius 3 is 2.48 bits per heavy atom. The van der Waals surface area contributed by atoms with Gasteiger partial charge in [-0.25, -0.2) is 4.79 Å². The summed E-state index contributed by atoms with van der Waals surface area (Å²) < 4.78 is 41.7. The highest BCUT2D eigenvalue weighted by Crippen LogP contribution is 2.34. The van der Waals surface area contributed by atoms with Crippen molar-refractivity contribution in [1.29, 1.82) is 0 Å². The molecule has 1 fully saturated rings. The van der Waals surface area contributed by atoms with Crippen LogP contribution in [0.5, 0.6) is 0 Å². The molecule has 1 heterocycles. The number of carbonyl (C=O) groups is 1. The Morgan fingerprint density at radius 1 is 1.32 bits per heavy atom. The normalized spacial score (nSPS) is 15.7. The molecule has 9 heteroatoms. The van der Waals surface area contributed by atoms with Gasteiger partial charge in [0.05, 0.1) is 0 Å². The van der Waals surface area contributed by atoms with E-state index >= 15 is 0 Å². The first kappa shape index (κ1) is 17.2. The Bertz CT molecular complexity index is 766. The number of hydrogen-bond donors (Lipinski definition) is 1. The van der Waals surface area contributed by atoms with Gasteiger partial charge in [0.2, 0.25) is 5.82 Å². The van der Waals surface area contributed by atoms with Crippen molar-refractivity contribution in [3.63, 3.8) is 0 Å². The molecule has 1 aliphatic rings. The van der Waals surface area contributed by atoms with E-state index in [0.29, 0.717) is 12.1 Å². The van der Waals surface area contributed by atoms with Crippen LogP contribution in [0.4, 0.5) is 18.0 Å². The highest BCUT2D eigenvalue weighted by molar-refractivity contribution is 5.75. The molecule has 2 amide bonds. The fourth-order valence-electron chi connectivity index (χ4n) is 2.23. The van der Waals surface area contributed by atoms with Crippen LogP contribution in [0.3, 0.4) is 0 Å². The predicted molar refractivity (Wildman–Crippen MR) is 82.4 cm³/mol. The lowest BCUT2D eigenvalue weighted by molar-refractivity contribution is -0.159. The molecule has 1 aromatic heterocycles. The molecule has 0 atom stereocenters. The number of carbonyl (C=O) groups excluding carboxylic acids is 1. The molecule has 1 aliphatic carbocycles. The molecule has 25 heavy (non-hydrogen) atoms. The summed E-state index contributed by atoms with van der Waals surface area (Å²) in [6, 6.07) is 6.45. The maximum Gasteiger partial charge on any atom is 0.471 e. The quantitative estimate of drug-likeness (QED) is 0.913. The van der Waals surface area contributed by atoms with Gasteiger partial charge < -0.3 is 14.7 Å². The van der Waals surface area contributed by atoms with E-state index in [1.54, 1.807) is 36.2 Å². The molecule has 0 bridgehead atoms. The Morgan fingerprint density at radius 2 is 1.96 bits per heavy atom.